The van der Waals surface area contributed by atoms with E-state index >= 15 is 0 Å². The maximum Gasteiger partial charge on any atom is 0.272 e. The summed E-state index contributed by atoms with van der Waals surface area (Å²) in [6, 6.07) is 2.15. The van der Waals surface area contributed by atoms with Gasteiger partial charge in [0.15, 0.2) is 0 Å². The molecule has 0 spiro atoms. The fourth-order valence-corrected chi connectivity index (χ4v) is 1.78. The fourth-order valence-electron chi connectivity index (χ4n) is 1.78. The van der Waals surface area contributed by atoms with Gasteiger partial charge in [-0.2, -0.15) is 5.10 Å². The van der Waals surface area contributed by atoms with Gasteiger partial charge in [0.2, 0.25) is 0 Å². The van der Waals surface area contributed by atoms with E-state index in [1.54, 1.807) is 24.0 Å². The molecule has 0 saturated carbocycles. The van der Waals surface area contributed by atoms with E-state index in [1.807, 2.05) is 32.6 Å². The van der Waals surface area contributed by atoms with Gasteiger partial charge in [0.05, 0.1) is 0 Å². The minimum absolute atomic E-state index is 0.0417. The number of aryl methyl sites for hydroxylation is 1. The van der Waals surface area contributed by atoms with Crippen LogP contribution in [0.5, 0.6) is 0 Å². The molecule has 0 bridgehead atoms. The van der Waals surface area contributed by atoms with Crippen LogP contribution in [-0.4, -0.2) is 32.7 Å². The molecule has 0 aliphatic heterocycles. The first-order chi connectivity index (χ1) is 6.95. The molecule has 84 valence electrons. The lowest BCUT2D eigenvalue weighted by molar-refractivity contribution is 0.0632. The van der Waals surface area contributed by atoms with Gasteiger partial charge in [-0.15, -0.1) is 0 Å². The highest BCUT2D eigenvalue weighted by atomic mass is 16.2. The van der Waals surface area contributed by atoms with E-state index in [0.29, 0.717) is 5.69 Å². The number of hydrogen-bond donors (Lipinski definition) is 0. The Labute approximate surface area is 90.9 Å². The van der Waals surface area contributed by atoms with Crippen molar-refractivity contribution in [2.45, 2.75) is 39.8 Å². The first kappa shape index (κ1) is 11.8. The Morgan fingerprint density at radius 1 is 1.33 bits per heavy atom. The Bertz CT molecular complexity index is 333. The molecule has 0 radical (unpaired) electrons. The van der Waals surface area contributed by atoms with Crippen molar-refractivity contribution < 1.29 is 4.79 Å². The van der Waals surface area contributed by atoms with Crippen LogP contribution in [0.1, 0.15) is 38.2 Å². The van der Waals surface area contributed by atoms with Crippen LogP contribution in [0, 0.1) is 0 Å². The highest BCUT2D eigenvalue weighted by Gasteiger charge is 2.23. The van der Waals surface area contributed by atoms with Gasteiger partial charge in [0.25, 0.3) is 5.91 Å². The van der Waals surface area contributed by atoms with Crippen LogP contribution >= 0.6 is 0 Å². The molecule has 1 rings (SSSR count). The first-order valence-corrected chi connectivity index (χ1v) is 5.25. The average Bonchev–Trinajstić information content (AvgIpc) is 2.49. The normalized spacial score (nSPS) is 11.1. The summed E-state index contributed by atoms with van der Waals surface area (Å²) < 4.78 is 1.61. The van der Waals surface area contributed by atoms with Crippen LogP contribution < -0.4 is 0 Å². The quantitative estimate of drug-likeness (QED) is 0.759. The molecule has 4 nitrogen and oxygen atoms in total. The van der Waals surface area contributed by atoms with E-state index in [1.165, 1.54) is 0 Å². The van der Waals surface area contributed by atoms with Crippen molar-refractivity contribution in [2.24, 2.45) is 7.05 Å². The molecular formula is C11H19N3O. The number of amides is 1. The van der Waals surface area contributed by atoms with E-state index in [-0.39, 0.29) is 18.0 Å². The number of carbonyl (C=O) groups is 1. The van der Waals surface area contributed by atoms with Crippen molar-refractivity contribution in [2.75, 3.05) is 0 Å². The van der Waals surface area contributed by atoms with Gasteiger partial charge in [-0.3, -0.25) is 9.48 Å². The molecule has 4 heteroatoms. The number of aromatic nitrogens is 2. The third-order valence-electron chi connectivity index (χ3n) is 2.39. The molecule has 0 unspecified atom stereocenters. The van der Waals surface area contributed by atoms with Gasteiger partial charge < -0.3 is 4.90 Å². The highest BCUT2D eigenvalue weighted by molar-refractivity contribution is 5.92. The van der Waals surface area contributed by atoms with Crippen LogP contribution in [-0.2, 0) is 7.05 Å². The van der Waals surface area contributed by atoms with Crippen LogP contribution in [0.25, 0.3) is 0 Å². The Kier molecular flexibility index (Phi) is 3.50. The minimum atomic E-state index is 0.0417. The van der Waals surface area contributed by atoms with E-state index in [2.05, 4.69) is 5.10 Å². The Morgan fingerprint density at radius 2 is 1.87 bits per heavy atom. The van der Waals surface area contributed by atoms with E-state index < -0.39 is 0 Å². The summed E-state index contributed by atoms with van der Waals surface area (Å²) >= 11 is 0. The predicted octanol–water partition coefficient (Wildman–Crippen LogP) is 1.68. The maximum absolute atomic E-state index is 12.2. The summed E-state index contributed by atoms with van der Waals surface area (Å²) in [6.45, 7) is 8.09. The zero-order valence-corrected chi connectivity index (χ0v) is 10.1. The Balaban J connectivity index is 2.96. The first-order valence-electron chi connectivity index (χ1n) is 5.25. The number of nitrogens with zero attached hydrogens (tertiary/aromatic N) is 3. The molecular weight excluding hydrogens is 190 g/mol. The van der Waals surface area contributed by atoms with Gasteiger partial charge in [-0.05, 0) is 33.8 Å². The van der Waals surface area contributed by atoms with Crippen LogP contribution in [0.15, 0.2) is 12.3 Å². The molecule has 1 heterocycles. The minimum Gasteiger partial charge on any atom is -0.332 e. The fraction of sp³-hybridized carbons (Fsp3) is 0.636. The summed E-state index contributed by atoms with van der Waals surface area (Å²) in [4.78, 5) is 14.0. The topological polar surface area (TPSA) is 38.1 Å². The largest absolute Gasteiger partial charge is 0.332 e. The molecule has 1 amide bonds. The molecule has 1 aromatic heterocycles. The van der Waals surface area contributed by atoms with Crippen LogP contribution in [0.3, 0.4) is 0 Å². The summed E-state index contributed by atoms with van der Waals surface area (Å²) in [5, 5.41) is 4.01. The van der Waals surface area contributed by atoms with Gasteiger partial charge in [-0.25, -0.2) is 0 Å². The summed E-state index contributed by atoms with van der Waals surface area (Å²) in [7, 11) is 1.78. The number of hydrogen-bond acceptors (Lipinski definition) is 2. The van der Waals surface area contributed by atoms with Gasteiger partial charge in [0, 0.05) is 25.3 Å². The third-order valence-corrected chi connectivity index (χ3v) is 2.39. The molecule has 1 aromatic rings. The molecule has 15 heavy (non-hydrogen) atoms. The van der Waals surface area contributed by atoms with E-state index in [4.69, 9.17) is 0 Å². The second-order valence-electron chi connectivity index (χ2n) is 4.24. The second kappa shape index (κ2) is 4.47. The van der Waals surface area contributed by atoms with Crippen molar-refractivity contribution in [1.29, 1.82) is 0 Å². The molecule has 0 aliphatic carbocycles. The van der Waals surface area contributed by atoms with Crippen LogP contribution in [0.4, 0.5) is 0 Å². The van der Waals surface area contributed by atoms with Crippen molar-refractivity contribution >= 4 is 5.91 Å². The molecule has 0 aliphatic rings. The Hall–Kier alpha value is -1.32. The lowest BCUT2D eigenvalue weighted by Crippen LogP contribution is -2.42. The molecule has 0 atom stereocenters. The number of carbonyl (C=O) groups excluding carboxylic acids is 1. The summed E-state index contributed by atoms with van der Waals surface area (Å²) in [5.74, 6) is 0.0417. The van der Waals surface area contributed by atoms with E-state index in [0.717, 1.165) is 0 Å². The van der Waals surface area contributed by atoms with Crippen LogP contribution in [0.2, 0.25) is 0 Å². The molecule has 0 aromatic carbocycles. The average molecular weight is 209 g/mol. The zero-order valence-electron chi connectivity index (χ0n) is 10.1. The molecule has 0 saturated heterocycles. The predicted molar refractivity (Wildman–Crippen MR) is 59.6 cm³/mol. The summed E-state index contributed by atoms with van der Waals surface area (Å²) in [5.41, 5.74) is 0.636. The van der Waals surface area contributed by atoms with Gasteiger partial charge in [0.1, 0.15) is 5.69 Å². The SMILES string of the molecule is CC(C)N(C(=O)c1ccnn1C)C(C)C. The standard InChI is InChI=1S/C11H19N3O/c1-8(2)14(9(3)4)11(15)10-6-7-12-13(10)5/h6-9H,1-5H3. The smallest absolute Gasteiger partial charge is 0.272 e. The van der Waals surface area contributed by atoms with Crippen molar-refractivity contribution in [3.8, 4) is 0 Å². The van der Waals surface area contributed by atoms with Crippen molar-refractivity contribution in [3.63, 3.8) is 0 Å². The maximum atomic E-state index is 12.2. The van der Waals surface area contributed by atoms with E-state index in [9.17, 15) is 4.79 Å². The number of rotatable bonds is 3. The van der Waals surface area contributed by atoms with Gasteiger partial charge in [-0.1, -0.05) is 0 Å². The molecule has 0 fully saturated rings. The van der Waals surface area contributed by atoms with Crippen molar-refractivity contribution in [1.82, 2.24) is 14.7 Å². The monoisotopic (exact) mass is 209 g/mol. The van der Waals surface area contributed by atoms with Crippen molar-refractivity contribution in [3.05, 3.63) is 18.0 Å². The highest BCUT2D eigenvalue weighted by Crippen LogP contribution is 2.11. The molecule has 0 N–H and O–H groups in total. The summed E-state index contributed by atoms with van der Waals surface area (Å²) in [6.07, 6.45) is 1.64. The lowest BCUT2D eigenvalue weighted by Gasteiger charge is -2.30. The third kappa shape index (κ3) is 2.37. The zero-order chi connectivity index (χ0) is 11.6. The lowest BCUT2D eigenvalue weighted by atomic mass is 10.2. The second-order valence-corrected chi connectivity index (χ2v) is 4.24. The Morgan fingerprint density at radius 3 is 2.20 bits per heavy atom. The van der Waals surface area contributed by atoms with Gasteiger partial charge >= 0.3 is 0 Å².